The molecule has 24 heavy (non-hydrogen) atoms. The smallest absolute Gasteiger partial charge is 0.223 e. The summed E-state index contributed by atoms with van der Waals surface area (Å²) in [5, 5.41) is 6.60. The SMILES string of the molecule is CC.O=C(NC1CCN(Cc2ccccc2)CC1)C1CCNCC1. The maximum Gasteiger partial charge on any atom is 0.223 e. The van der Waals surface area contributed by atoms with Gasteiger partial charge in [0.15, 0.2) is 0 Å². The van der Waals surface area contributed by atoms with E-state index >= 15 is 0 Å². The fourth-order valence-corrected chi connectivity index (χ4v) is 3.48. The van der Waals surface area contributed by atoms with Gasteiger partial charge in [0.1, 0.15) is 0 Å². The van der Waals surface area contributed by atoms with Gasteiger partial charge in [-0.1, -0.05) is 44.2 Å². The molecule has 2 fully saturated rings. The van der Waals surface area contributed by atoms with Crippen molar-refractivity contribution in [2.75, 3.05) is 26.2 Å². The minimum absolute atomic E-state index is 0.226. The fourth-order valence-electron chi connectivity index (χ4n) is 3.48. The normalized spacial score (nSPS) is 20.1. The van der Waals surface area contributed by atoms with Gasteiger partial charge >= 0.3 is 0 Å². The van der Waals surface area contributed by atoms with Crippen molar-refractivity contribution in [3.8, 4) is 0 Å². The molecule has 4 heteroatoms. The van der Waals surface area contributed by atoms with E-state index in [1.165, 1.54) is 5.56 Å². The summed E-state index contributed by atoms with van der Waals surface area (Å²) < 4.78 is 0. The lowest BCUT2D eigenvalue weighted by Gasteiger charge is -2.33. The molecule has 134 valence electrons. The molecule has 2 heterocycles. The number of carbonyl (C=O) groups excluding carboxylic acids is 1. The van der Waals surface area contributed by atoms with Crippen LogP contribution in [0.5, 0.6) is 0 Å². The molecular formula is C20H33N3O. The van der Waals surface area contributed by atoms with E-state index in [4.69, 9.17) is 0 Å². The number of piperidine rings is 2. The van der Waals surface area contributed by atoms with E-state index in [0.29, 0.717) is 6.04 Å². The van der Waals surface area contributed by atoms with Crippen LogP contribution < -0.4 is 10.6 Å². The Balaban J connectivity index is 0.00000100. The summed E-state index contributed by atoms with van der Waals surface area (Å²) >= 11 is 0. The third-order valence-corrected chi connectivity index (χ3v) is 4.89. The molecule has 0 atom stereocenters. The van der Waals surface area contributed by atoms with Crippen molar-refractivity contribution in [1.82, 2.24) is 15.5 Å². The first-order valence-corrected chi connectivity index (χ1v) is 9.58. The van der Waals surface area contributed by atoms with Crippen molar-refractivity contribution in [3.63, 3.8) is 0 Å². The molecule has 0 unspecified atom stereocenters. The Kier molecular flexibility index (Phi) is 8.26. The second-order valence-corrected chi connectivity index (χ2v) is 6.57. The first-order chi connectivity index (χ1) is 11.8. The van der Waals surface area contributed by atoms with Crippen LogP contribution >= 0.6 is 0 Å². The van der Waals surface area contributed by atoms with Gasteiger partial charge in [0.05, 0.1) is 0 Å². The van der Waals surface area contributed by atoms with Gasteiger partial charge in [-0.3, -0.25) is 9.69 Å². The van der Waals surface area contributed by atoms with Crippen LogP contribution in [-0.4, -0.2) is 43.0 Å². The minimum atomic E-state index is 0.226. The Morgan fingerprint density at radius 3 is 2.33 bits per heavy atom. The number of benzene rings is 1. The lowest BCUT2D eigenvalue weighted by Crippen LogP contribution is -2.47. The predicted molar refractivity (Wildman–Crippen MR) is 99.8 cm³/mol. The second kappa shape index (κ2) is 10.5. The minimum Gasteiger partial charge on any atom is -0.353 e. The van der Waals surface area contributed by atoms with Gasteiger partial charge in [0.2, 0.25) is 5.91 Å². The fraction of sp³-hybridized carbons (Fsp3) is 0.650. The molecule has 2 saturated heterocycles. The molecule has 4 nitrogen and oxygen atoms in total. The zero-order valence-corrected chi connectivity index (χ0v) is 15.3. The molecule has 2 N–H and O–H groups in total. The first-order valence-electron chi connectivity index (χ1n) is 9.58. The van der Waals surface area contributed by atoms with Crippen LogP contribution in [0.1, 0.15) is 45.1 Å². The molecule has 0 radical (unpaired) electrons. The van der Waals surface area contributed by atoms with Crippen molar-refractivity contribution in [3.05, 3.63) is 35.9 Å². The number of likely N-dealkylation sites (tertiary alicyclic amines) is 1. The zero-order valence-electron chi connectivity index (χ0n) is 15.3. The van der Waals surface area contributed by atoms with E-state index in [1.54, 1.807) is 0 Å². The number of amides is 1. The molecule has 0 aromatic heterocycles. The third-order valence-electron chi connectivity index (χ3n) is 4.89. The molecule has 3 rings (SSSR count). The third kappa shape index (κ3) is 5.91. The lowest BCUT2D eigenvalue weighted by atomic mass is 9.96. The topological polar surface area (TPSA) is 44.4 Å². The van der Waals surface area contributed by atoms with E-state index in [0.717, 1.165) is 58.4 Å². The zero-order chi connectivity index (χ0) is 17.2. The summed E-state index contributed by atoms with van der Waals surface area (Å²) in [4.78, 5) is 14.8. The largest absolute Gasteiger partial charge is 0.353 e. The summed E-state index contributed by atoms with van der Waals surface area (Å²) in [6.45, 7) is 9.13. The van der Waals surface area contributed by atoms with Crippen molar-refractivity contribution < 1.29 is 4.79 Å². The van der Waals surface area contributed by atoms with Crippen LogP contribution in [0.2, 0.25) is 0 Å². The molecule has 1 amide bonds. The standard InChI is InChI=1S/C18H27N3O.C2H6/c22-18(16-6-10-19-11-7-16)20-17-8-12-21(13-9-17)14-15-4-2-1-3-5-15;1-2/h1-5,16-17,19H,6-14H2,(H,20,22);1-2H3. The van der Waals surface area contributed by atoms with Crippen molar-refractivity contribution >= 4 is 5.91 Å². The van der Waals surface area contributed by atoms with Gasteiger partial charge < -0.3 is 10.6 Å². The van der Waals surface area contributed by atoms with Gasteiger partial charge in [-0.25, -0.2) is 0 Å². The number of nitrogens with zero attached hydrogens (tertiary/aromatic N) is 1. The predicted octanol–water partition coefficient (Wildman–Crippen LogP) is 2.79. The highest BCUT2D eigenvalue weighted by Gasteiger charge is 2.25. The number of hydrogen-bond acceptors (Lipinski definition) is 3. The van der Waals surface area contributed by atoms with Crippen LogP contribution in [0.15, 0.2) is 30.3 Å². The van der Waals surface area contributed by atoms with Crippen molar-refractivity contribution in [1.29, 1.82) is 0 Å². The van der Waals surface area contributed by atoms with Gasteiger partial charge in [-0.05, 0) is 44.3 Å². The van der Waals surface area contributed by atoms with Crippen LogP contribution in [0.3, 0.4) is 0 Å². The van der Waals surface area contributed by atoms with E-state index in [1.807, 2.05) is 13.8 Å². The highest BCUT2D eigenvalue weighted by atomic mass is 16.1. The maximum absolute atomic E-state index is 12.3. The van der Waals surface area contributed by atoms with E-state index in [-0.39, 0.29) is 11.8 Å². The Morgan fingerprint density at radius 2 is 1.71 bits per heavy atom. The van der Waals surface area contributed by atoms with Crippen molar-refractivity contribution in [2.24, 2.45) is 5.92 Å². The molecule has 0 bridgehead atoms. The highest BCUT2D eigenvalue weighted by Crippen LogP contribution is 2.16. The summed E-state index contributed by atoms with van der Waals surface area (Å²) in [6.07, 6.45) is 4.12. The summed E-state index contributed by atoms with van der Waals surface area (Å²) in [5.41, 5.74) is 1.37. The Hall–Kier alpha value is -1.39. The Morgan fingerprint density at radius 1 is 1.08 bits per heavy atom. The molecular weight excluding hydrogens is 298 g/mol. The van der Waals surface area contributed by atoms with E-state index < -0.39 is 0 Å². The van der Waals surface area contributed by atoms with Gasteiger partial charge in [0.25, 0.3) is 0 Å². The van der Waals surface area contributed by atoms with E-state index in [2.05, 4.69) is 45.9 Å². The van der Waals surface area contributed by atoms with Gasteiger partial charge in [0, 0.05) is 31.6 Å². The Labute approximate surface area is 147 Å². The number of nitrogens with one attached hydrogen (secondary N) is 2. The van der Waals surface area contributed by atoms with E-state index in [9.17, 15) is 4.79 Å². The number of carbonyl (C=O) groups is 1. The molecule has 2 aliphatic rings. The quantitative estimate of drug-likeness (QED) is 0.892. The number of rotatable bonds is 4. The molecule has 0 aliphatic carbocycles. The molecule has 2 aliphatic heterocycles. The first kappa shape index (κ1) is 18.9. The van der Waals surface area contributed by atoms with Gasteiger partial charge in [-0.15, -0.1) is 0 Å². The monoisotopic (exact) mass is 331 g/mol. The summed E-state index contributed by atoms with van der Waals surface area (Å²) in [5.74, 6) is 0.506. The maximum atomic E-state index is 12.3. The van der Waals surface area contributed by atoms with Crippen LogP contribution in [-0.2, 0) is 11.3 Å². The average molecular weight is 332 g/mol. The average Bonchev–Trinajstić information content (AvgIpc) is 2.66. The van der Waals surface area contributed by atoms with Crippen LogP contribution in [0, 0.1) is 5.92 Å². The van der Waals surface area contributed by atoms with Gasteiger partial charge in [-0.2, -0.15) is 0 Å². The summed E-state index contributed by atoms with van der Waals surface area (Å²) in [6, 6.07) is 11.0. The molecule has 0 spiro atoms. The second-order valence-electron chi connectivity index (χ2n) is 6.57. The Bertz CT molecular complexity index is 463. The lowest BCUT2D eigenvalue weighted by molar-refractivity contribution is -0.126. The molecule has 1 aromatic carbocycles. The highest BCUT2D eigenvalue weighted by molar-refractivity contribution is 5.79. The number of hydrogen-bond donors (Lipinski definition) is 2. The van der Waals surface area contributed by atoms with Crippen LogP contribution in [0.4, 0.5) is 0 Å². The molecule has 0 saturated carbocycles. The van der Waals surface area contributed by atoms with Crippen molar-refractivity contribution in [2.45, 2.75) is 52.1 Å². The summed E-state index contributed by atoms with van der Waals surface area (Å²) in [7, 11) is 0. The van der Waals surface area contributed by atoms with Crippen LogP contribution in [0.25, 0.3) is 0 Å². The molecule has 1 aromatic rings.